The van der Waals surface area contributed by atoms with Gasteiger partial charge in [-0.05, 0) is 35.4 Å². The maximum atomic E-state index is 11.3. The molecular formula is C9H13IN4O. The van der Waals surface area contributed by atoms with Crippen LogP contribution >= 0.6 is 22.6 Å². The summed E-state index contributed by atoms with van der Waals surface area (Å²) >= 11 is 2.01. The first-order valence-corrected chi connectivity index (χ1v) is 6.10. The van der Waals surface area contributed by atoms with Crippen molar-refractivity contribution in [3.8, 4) is 0 Å². The molecule has 0 amide bonds. The second-order valence-electron chi connectivity index (χ2n) is 3.55. The number of hydrogen-bond acceptors (Lipinski definition) is 4. The normalized spacial score (nSPS) is 17.7. The molecule has 82 valence electrons. The molecule has 1 aromatic rings. The van der Waals surface area contributed by atoms with E-state index in [1.54, 1.807) is 0 Å². The van der Waals surface area contributed by atoms with Crippen LogP contribution in [-0.4, -0.2) is 28.1 Å². The van der Waals surface area contributed by atoms with Gasteiger partial charge in [-0.2, -0.15) is 0 Å². The Morgan fingerprint density at radius 1 is 1.40 bits per heavy atom. The molecule has 0 aromatic carbocycles. The first-order valence-electron chi connectivity index (χ1n) is 5.02. The van der Waals surface area contributed by atoms with E-state index in [1.165, 1.54) is 25.6 Å². The fourth-order valence-electron chi connectivity index (χ4n) is 1.62. The number of hydrogen-bond donors (Lipinski definition) is 2. The highest BCUT2D eigenvalue weighted by Crippen LogP contribution is 2.13. The quantitative estimate of drug-likeness (QED) is 0.804. The van der Waals surface area contributed by atoms with Gasteiger partial charge in [0.25, 0.3) is 5.56 Å². The number of aromatic amines is 1. The minimum absolute atomic E-state index is 0.0925. The summed E-state index contributed by atoms with van der Waals surface area (Å²) in [5.74, 6) is 0.654. The molecule has 1 fully saturated rings. The zero-order valence-corrected chi connectivity index (χ0v) is 10.5. The number of H-pyrrole nitrogens is 1. The Balaban J connectivity index is 2.09. The number of piperidine rings is 1. The number of nitrogens with one attached hydrogen (secondary N) is 2. The third-order valence-electron chi connectivity index (χ3n) is 2.42. The molecule has 1 aliphatic heterocycles. The molecule has 1 aliphatic rings. The van der Waals surface area contributed by atoms with Crippen molar-refractivity contribution in [3.63, 3.8) is 0 Å². The molecule has 0 bridgehead atoms. The van der Waals surface area contributed by atoms with Crippen molar-refractivity contribution in [3.05, 3.63) is 20.3 Å². The van der Waals surface area contributed by atoms with Crippen LogP contribution in [0.2, 0.25) is 0 Å². The second-order valence-corrected chi connectivity index (χ2v) is 4.63. The topological polar surface area (TPSA) is 61.0 Å². The van der Waals surface area contributed by atoms with Crippen LogP contribution in [0.15, 0.2) is 11.1 Å². The van der Waals surface area contributed by atoms with E-state index >= 15 is 0 Å². The summed E-state index contributed by atoms with van der Waals surface area (Å²) in [6.07, 6.45) is 5.12. The zero-order chi connectivity index (χ0) is 10.7. The molecule has 5 nitrogen and oxygen atoms in total. The van der Waals surface area contributed by atoms with Crippen molar-refractivity contribution in [1.29, 1.82) is 0 Å². The summed E-state index contributed by atoms with van der Waals surface area (Å²) in [6, 6.07) is 0. The highest BCUT2D eigenvalue weighted by atomic mass is 127. The summed E-state index contributed by atoms with van der Waals surface area (Å²) in [7, 11) is 0. The molecule has 0 saturated carbocycles. The van der Waals surface area contributed by atoms with E-state index in [4.69, 9.17) is 0 Å². The number of anilines is 1. The second kappa shape index (κ2) is 4.93. The molecule has 6 heteroatoms. The van der Waals surface area contributed by atoms with Crippen LogP contribution in [0.4, 0.5) is 5.82 Å². The maximum Gasteiger partial charge on any atom is 0.266 e. The summed E-state index contributed by atoms with van der Waals surface area (Å²) < 4.78 is 0.612. The van der Waals surface area contributed by atoms with Gasteiger partial charge in [0.1, 0.15) is 3.57 Å². The van der Waals surface area contributed by atoms with Gasteiger partial charge < -0.3 is 10.4 Å². The first kappa shape index (κ1) is 10.9. The van der Waals surface area contributed by atoms with Gasteiger partial charge in [-0.1, -0.05) is 6.42 Å². The number of aromatic nitrogens is 2. The smallest absolute Gasteiger partial charge is 0.266 e. The van der Waals surface area contributed by atoms with Crippen molar-refractivity contribution < 1.29 is 0 Å². The number of rotatable bonds is 2. The van der Waals surface area contributed by atoms with E-state index in [-0.39, 0.29) is 5.56 Å². The molecule has 0 radical (unpaired) electrons. The van der Waals surface area contributed by atoms with Crippen LogP contribution in [0.5, 0.6) is 0 Å². The third kappa shape index (κ3) is 2.69. The fraction of sp³-hybridized carbons (Fsp3) is 0.556. The van der Waals surface area contributed by atoms with Crippen LogP contribution in [0.1, 0.15) is 19.3 Å². The molecular weight excluding hydrogens is 307 g/mol. The Hall–Kier alpha value is -0.630. The standard InChI is InChI=1S/C9H13IN4O/c10-7-8(11-6-12-9(7)15)13-14-4-2-1-3-5-14/h6H,1-5H2,(H2,11,12,13,15). The average molecular weight is 320 g/mol. The SMILES string of the molecule is O=c1[nH]cnc(NN2CCCCC2)c1I. The molecule has 1 saturated heterocycles. The van der Waals surface area contributed by atoms with E-state index in [0.29, 0.717) is 9.39 Å². The van der Waals surface area contributed by atoms with Gasteiger partial charge in [-0.3, -0.25) is 4.79 Å². The number of hydrazine groups is 1. The van der Waals surface area contributed by atoms with Crippen LogP contribution in [0.25, 0.3) is 0 Å². The van der Waals surface area contributed by atoms with Gasteiger partial charge in [0.15, 0.2) is 5.82 Å². The monoisotopic (exact) mass is 320 g/mol. The van der Waals surface area contributed by atoms with Crippen LogP contribution in [0, 0.1) is 3.57 Å². The van der Waals surface area contributed by atoms with Gasteiger partial charge in [0, 0.05) is 13.1 Å². The average Bonchev–Trinajstić information content (AvgIpc) is 2.26. The number of halogens is 1. The lowest BCUT2D eigenvalue weighted by molar-refractivity contribution is 0.272. The van der Waals surface area contributed by atoms with Crippen molar-refractivity contribution in [2.75, 3.05) is 18.5 Å². The molecule has 0 aliphatic carbocycles. The molecule has 1 aromatic heterocycles. The predicted molar refractivity (Wildman–Crippen MR) is 66.6 cm³/mol. The van der Waals surface area contributed by atoms with Gasteiger partial charge >= 0.3 is 0 Å². The van der Waals surface area contributed by atoms with E-state index in [2.05, 4.69) is 20.4 Å². The lowest BCUT2D eigenvalue weighted by Crippen LogP contribution is -2.36. The fourth-order valence-corrected chi connectivity index (χ4v) is 2.03. The van der Waals surface area contributed by atoms with Crippen LogP contribution in [-0.2, 0) is 0 Å². The van der Waals surface area contributed by atoms with Gasteiger partial charge in [-0.25, -0.2) is 9.99 Å². The third-order valence-corrected chi connectivity index (χ3v) is 3.42. The zero-order valence-electron chi connectivity index (χ0n) is 8.29. The maximum absolute atomic E-state index is 11.3. The Kier molecular flexibility index (Phi) is 3.57. The van der Waals surface area contributed by atoms with Gasteiger partial charge in [-0.15, -0.1) is 0 Å². The molecule has 2 heterocycles. The van der Waals surface area contributed by atoms with Crippen molar-refractivity contribution in [2.24, 2.45) is 0 Å². The minimum Gasteiger partial charge on any atom is -0.312 e. The van der Waals surface area contributed by atoms with Crippen molar-refractivity contribution in [1.82, 2.24) is 15.0 Å². The summed E-state index contributed by atoms with van der Waals surface area (Å²) in [4.78, 5) is 18.0. The highest BCUT2D eigenvalue weighted by Gasteiger charge is 2.12. The highest BCUT2D eigenvalue weighted by molar-refractivity contribution is 14.1. The molecule has 2 N–H and O–H groups in total. The molecule has 2 rings (SSSR count). The van der Waals surface area contributed by atoms with Gasteiger partial charge in [0.2, 0.25) is 0 Å². The largest absolute Gasteiger partial charge is 0.312 e. The Labute approximate surface area is 101 Å². The Bertz CT molecular complexity index is 386. The van der Waals surface area contributed by atoms with E-state index < -0.39 is 0 Å². The Morgan fingerprint density at radius 2 is 2.13 bits per heavy atom. The lowest BCUT2D eigenvalue weighted by Gasteiger charge is -2.27. The lowest BCUT2D eigenvalue weighted by atomic mass is 10.2. The van der Waals surface area contributed by atoms with Gasteiger partial charge in [0.05, 0.1) is 6.33 Å². The molecule has 0 atom stereocenters. The van der Waals surface area contributed by atoms with Crippen molar-refractivity contribution >= 4 is 28.4 Å². The van der Waals surface area contributed by atoms with E-state index in [0.717, 1.165) is 13.1 Å². The van der Waals surface area contributed by atoms with E-state index in [1.807, 2.05) is 22.6 Å². The van der Waals surface area contributed by atoms with Crippen molar-refractivity contribution in [2.45, 2.75) is 19.3 Å². The van der Waals surface area contributed by atoms with Crippen LogP contribution in [0.3, 0.4) is 0 Å². The Morgan fingerprint density at radius 3 is 2.87 bits per heavy atom. The molecule has 0 spiro atoms. The first-order chi connectivity index (χ1) is 7.27. The molecule has 15 heavy (non-hydrogen) atoms. The summed E-state index contributed by atoms with van der Waals surface area (Å²) in [5.41, 5.74) is 3.09. The number of nitrogens with zero attached hydrogens (tertiary/aromatic N) is 2. The molecule has 0 unspecified atom stereocenters. The minimum atomic E-state index is -0.0925. The predicted octanol–water partition coefficient (Wildman–Crippen LogP) is 1.19. The van der Waals surface area contributed by atoms with Crippen LogP contribution < -0.4 is 11.0 Å². The van der Waals surface area contributed by atoms with E-state index in [9.17, 15) is 4.79 Å². The summed E-state index contributed by atoms with van der Waals surface area (Å²) in [5, 5.41) is 2.12. The summed E-state index contributed by atoms with van der Waals surface area (Å²) in [6.45, 7) is 2.04.